The molecule has 0 aliphatic heterocycles. The second kappa shape index (κ2) is 7.42. The molecular formula is C17H18F3NO. The monoisotopic (exact) mass is 309 g/mol. The maximum Gasteiger partial charge on any atom is 0.194 e. The molecule has 0 heterocycles. The van der Waals surface area contributed by atoms with Crippen LogP contribution in [-0.2, 0) is 6.42 Å². The highest BCUT2D eigenvalue weighted by molar-refractivity contribution is 5.22. The van der Waals surface area contributed by atoms with Crippen molar-refractivity contribution in [2.45, 2.75) is 25.5 Å². The van der Waals surface area contributed by atoms with Crippen LogP contribution in [0.25, 0.3) is 0 Å². The smallest absolute Gasteiger partial charge is 0.194 e. The van der Waals surface area contributed by atoms with Crippen molar-refractivity contribution in [3.05, 3.63) is 71.0 Å². The van der Waals surface area contributed by atoms with Gasteiger partial charge in [-0.3, -0.25) is 0 Å². The molecule has 5 heteroatoms. The Hall–Kier alpha value is -1.85. The predicted molar refractivity (Wildman–Crippen MR) is 78.9 cm³/mol. The molecule has 2 aromatic rings. The minimum Gasteiger partial charge on any atom is -0.391 e. The van der Waals surface area contributed by atoms with E-state index in [2.05, 4.69) is 5.32 Å². The number of hydrogen-bond acceptors (Lipinski definition) is 2. The molecule has 2 N–H and O–H groups in total. The third-order valence-electron chi connectivity index (χ3n) is 3.48. The van der Waals surface area contributed by atoms with Gasteiger partial charge in [-0.05, 0) is 36.6 Å². The van der Waals surface area contributed by atoms with Crippen LogP contribution < -0.4 is 5.32 Å². The number of nitrogens with one attached hydrogen (secondary N) is 1. The molecule has 2 atom stereocenters. The summed E-state index contributed by atoms with van der Waals surface area (Å²) in [5, 5.41) is 13.0. The zero-order chi connectivity index (χ0) is 16.1. The van der Waals surface area contributed by atoms with Crippen LogP contribution >= 0.6 is 0 Å². The van der Waals surface area contributed by atoms with Gasteiger partial charge in [0.25, 0.3) is 0 Å². The van der Waals surface area contributed by atoms with Crippen molar-refractivity contribution >= 4 is 0 Å². The SMILES string of the molecule is CC(NCC(O)Cc1ccccc1)c1cc(F)c(F)c(F)c1. The summed E-state index contributed by atoms with van der Waals surface area (Å²) in [6.45, 7) is 1.96. The Bertz CT molecular complexity index is 596. The Kier molecular flexibility index (Phi) is 5.57. The van der Waals surface area contributed by atoms with Gasteiger partial charge in [0.1, 0.15) is 0 Å². The molecule has 0 bridgehead atoms. The van der Waals surface area contributed by atoms with Gasteiger partial charge >= 0.3 is 0 Å². The molecule has 0 fully saturated rings. The molecule has 0 saturated carbocycles. The van der Waals surface area contributed by atoms with Crippen molar-refractivity contribution < 1.29 is 18.3 Å². The molecule has 0 aliphatic carbocycles. The van der Waals surface area contributed by atoms with Crippen molar-refractivity contribution in [3.63, 3.8) is 0 Å². The van der Waals surface area contributed by atoms with E-state index in [1.165, 1.54) is 0 Å². The third-order valence-corrected chi connectivity index (χ3v) is 3.48. The number of rotatable bonds is 6. The summed E-state index contributed by atoms with van der Waals surface area (Å²) in [6.07, 6.45) is -0.146. The maximum absolute atomic E-state index is 13.2. The number of aliphatic hydroxyl groups excluding tert-OH is 1. The Balaban J connectivity index is 1.91. The fraction of sp³-hybridized carbons (Fsp3) is 0.294. The van der Waals surface area contributed by atoms with Gasteiger partial charge in [0.15, 0.2) is 17.5 Å². The summed E-state index contributed by atoms with van der Waals surface area (Å²) in [6, 6.07) is 11.0. The first-order valence-electron chi connectivity index (χ1n) is 7.07. The van der Waals surface area contributed by atoms with Gasteiger partial charge in [0.05, 0.1) is 6.10 Å². The third kappa shape index (κ3) is 4.32. The lowest BCUT2D eigenvalue weighted by molar-refractivity contribution is 0.168. The van der Waals surface area contributed by atoms with Crippen LogP contribution in [0.5, 0.6) is 0 Å². The fourth-order valence-electron chi connectivity index (χ4n) is 2.21. The molecule has 2 aromatic carbocycles. The summed E-state index contributed by atoms with van der Waals surface area (Å²) in [7, 11) is 0. The highest BCUT2D eigenvalue weighted by Gasteiger charge is 2.15. The quantitative estimate of drug-likeness (QED) is 0.802. The molecule has 0 aliphatic rings. The molecule has 0 radical (unpaired) electrons. The second-order valence-electron chi connectivity index (χ2n) is 5.27. The minimum atomic E-state index is -1.47. The summed E-state index contributed by atoms with van der Waals surface area (Å²) in [5.74, 6) is -3.90. The Morgan fingerprint density at radius 2 is 1.64 bits per heavy atom. The van der Waals surface area contributed by atoms with E-state index < -0.39 is 29.6 Å². The lowest BCUT2D eigenvalue weighted by atomic mass is 10.1. The van der Waals surface area contributed by atoms with E-state index in [0.717, 1.165) is 17.7 Å². The van der Waals surface area contributed by atoms with Crippen LogP contribution in [0.1, 0.15) is 24.1 Å². The van der Waals surface area contributed by atoms with E-state index in [1.807, 2.05) is 30.3 Å². The van der Waals surface area contributed by atoms with Gasteiger partial charge in [-0.2, -0.15) is 0 Å². The van der Waals surface area contributed by atoms with E-state index in [-0.39, 0.29) is 6.54 Å². The average molecular weight is 309 g/mol. The van der Waals surface area contributed by atoms with Gasteiger partial charge in [-0.25, -0.2) is 13.2 Å². The molecule has 2 nitrogen and oxygen atoms in total. The second-order valence-corrected chi connectivity index (χ2v) is 5.27. The van der Waals surface area contributed by atoms with Crippen molar-refractivity contribution in [2.75, 3.05) is 6.54 Å². The van der Waals surface area contributed by atoms with Gasteiger partial charge in [-0.15, -0.1) is 0 Å². The fourth-order valence-corrected chi connectivity index (χ4v) is 2.21. The summed E-state index contributed by atoms with van der Waals surface area (Å²) >= 11 is 0. The summed E-state index contributed by atoms with van der Waals surface area (Å²) in [5.41, 5.74) is 1.30. The van der Waals surface area contributed by atoms with E-state index in [9.17, 15) is 18.3 Å². The standard InChI is InChI=1S/C17H18F3NO/c1-11(13-8-15(18)17(20)16(19)9-13)21-10-14(22)7-12-5-3-2-4-6-12/h2-6,8-9,11,14,21-22H,7,10H2,1H3. The Labute approximate surface area is 127 Å². The van der Waals surface area contributed by atoms with Crippen molar-refractivity contribution in [1.29, 1.82) is 0 Å². The van der Waals surface area contributed by atoms with Crippen LogP contribution in [-0.4, -0.2) is 17.8 Å². The number of aliphatic hydroxyl groups is 1. The zero-order valence-corrected chi connectivity index (χ0v) is 12.2. The normalized spacial score (nSPS) is 13.9. The highest BCUT2D eigenvalue weighted by Crippen LogP contribution is 2.19. The van der Waals surface area contributed by atoms with Crippen molar-refractivity contribution in [2.24, 2.45) is 0 Å². The van der Waals surface area contributed by atoms with Gasteiger partial charge < -0.3 is 10.4 Å². The van der Waals surface area contributed by atoms with Crippen molar-refractivity contribution in [3.8, 4) is 0 Å². The number of hydrogen-bond donors (Lipinski definition) is 2. The van der Waals surface area contributed by atoms with Crippen LogP contribution in [0.4, 0.5) is 13.2 Å². The molecule has 2 unspecified atom stereocenters. The largest absolute Gasteiger partial charge is 0.391 e. The summed E-state index contributed by atoms with van der Waals surface area (Å²) in [4.78, 5) is 0. The average Bonchev–Trinajstić information content (AvgIpc) is 2.50. The highest BCUT2D eigenvalue weighted by atomic mass is 19.2. The maximum atomic E-state index is 13.2. The number of halogens is 3. The predicted octanol–water partition coefficient (Wildman–Crippen LogP) is 3.36. The van der Waals surface area contributed by atoms with Gasteiger partial charge in [-0.1, -0.05) is 30.3 Å². The van der Waals surface area contributed by atoms with Crippen LogP contribution in [0.15, 0.2) is 42.5 Å². The van der Waals surface area contributed by atoms with Gasteiger partial charge in [0, 0.05) is 12.6 Å². The molecule has 118 valence electrons. The summed E-state index contributed by atoms with van der Waals surface area (Å²) < 4.78 is 39.3. The van der Waals surface area contributed by atoms with Crippen LogP contribution in [0, 0.1) is 17.5 Å². The topological polar surface area (TPSA) is 32.3 Å². The van der Waals surface area contributed by atoms with E-state index in [4.69, 9.17) is 0 Å². The first kappa shape index (κ1) is 16.5. The minimum absolute atomic E-state index is 0.261. The molecule has 0 aromatic heterocycles. The molecule has 2 rings (SSSR count). The molecule has 0 amide bonds. The van der Waals surface area contributed by atoms with Crippen LogP contribution in [0.2, 0.25) is 0 Å². The first-order valence-corrected chi connectivity index (χ1v) is 7.07. The first-order chi connectivity index (χ1) is 10.5. The van der Waals surface area contributed by atoms with Crippen LogP contribution in [0.3, 0.4) is 0 Å². The molecule has 0 saturated heterocycles. The van der Waals surface area contributed by atoms with E-state index in [1.54, 1.807) is 6.92 Å². The van der Waals surface area contributed by atoms with Crippen molar-refractivity contribution in [1.82, 2.24) is 5.32 Å². The molecule has 0 spiro atoms. The Morgan fingerprint density at radius 1 is 1.05 bits per heavy atom. The van der Waals surface area contributed by atoms with E-state index >= 15 is 0 Å². The van der Waals surface area contributed by atoms with Gasteiger partial charge in [0.2, 0.25) is 0 Å². The number of benzene rings is 2. The van der Waals surface area contributed by atoms with E-state index in [0.29, 0.717) is 12.0 Å². The molecular weight excluding hydrogens is 291 g/mol. The lowest BCUT2D eigenvalue weighted by Gasteiger charge is -2.18. The zero-order valence-electron chi connectivity index (χ0n) is 12.2. The Morgan fingerprint density at radius 3 is 2.23 bits per heavy atom. The molecule has 22 heavy (non-hydrogen) atoms. The lowest BCUT2D eigenvalue weighted by Crippen LogP contribution is -2.30.